The summed E-state index contributed by atoms with van der Waals surface area (Å²) in [6.45, 7) is 7.77. The van der Waals surface area contributed by atoms with Crippen molar-refractivity contribution in [2.45, 2.75) is 40.5 Å². The van der Waals surface area contributed by atoms with Gasteiger partial charge in [-0.2, -0.15) is 0 Å². The summed E-state index contributed by atoms with van der Waals surface area (Å²) in [5, 5.41) is 12.2. The molecule has 2 rings (SSSR count). The maximum Gasteiger partial charge on any atom is 0.307 e. The molecule has 0 aromatic heterocycles. The number of aliphatic carboxylic acids is 1. The molecule has 0 bridgehead atoms. The number of carboxylic acid groups (broad SMARTS) is 1. The van der Waals surface area contributed by atoms with Gasteiger partial charge in [0.1, 0.15) is 0 Å². The molecular formula is C17H23NO3. The van der Waals surface area contributed by atoms with E-state index in [0.29, 0.717) is 0 Å². The predicted molar refractivity (Wildman–Crippen MR) is 82.2 cm³/mol. The standard InChI is InChI=1S/C17H23NO3/c1-5-10-8-7-9-11(6-2)14(10)18-15(19)12-13(16(20)21)17(12,3)4/h7-9,12-13H,5-6H2,1-4H3,(H,18,19)(H,20,21)/t12-,13+/m1/s1. The van der Waals surface area contributed by atoms with E-state index in [1.807, 2.05) is 45.9 Å². The summed E-state index contributed by atoms with van der Waals surface area (Å²) in [6.07, 6.45) is 1.67. The van der Waals surface area contributed by atoms with Gasteiger partial charge in [-0.15, -0.1) is 0 Å². The predicted octanol–water partition coefficient (Wildman–Crippen LogP) is 3.11. The molecule has 1 amide bonds. The van der Waals surface area contributed by atoms with E-state index in [2.05, 4.69) is 5.32 Å². The van der Waals surface area contributed by atoms with Gasteiger partial charge in [0.05, 0.1) is 11.8 Å². The molecule has 4 nitrogen and oxygen atoms in total. The molecule has 1 aliphatic rings. The quantitative estimate of drug-likeness (QED) is 0.875. The van der Waals surface area contributed by atoms with Crippen LogP contribution in [0.5, 0.6) is 0 Å². The fourth-order valence-electron chi connectivity index (χ4n) is 3.19. The van der Waals surface area contributed by atoms with E-state index in [4.69, 9.17) is 0 Å². The van der Waals surface area contributed by atoms with Crippen LogP contribution >= 0.6 is 0 Å². The highest BCUT2D eigenvalue weighted by Gasteiger charge is 2.65. The second-order valence-electron chi connectivity index (χ2n) is 6.26. The number of carbonyl (C=O) groups is 2. The number of carbonyl (C=O) groups excluding carboxylic acids is 1. The topological polar surface area (TPSA) is 66.4 Å². The summed E-state index contributed by atoms with van der Waals surface area (Å²) in [5.74, 6) is -2.11. The Morgan fingerprint density at radius 1 is 1.14 bits per heavy atom. The molecule has 0 unspecified atom stereocenters. The third kappa shape index (κ3) is 2.67. The van der Waals surface area contributed by atoms with Crippen LogP contribution in [0.15, 0.2) is 18.2 Å². The van der Waals surface area contributed by atoms with E-state index in [-0.39, 0.29) is 5.91 Å². The normalized spacial score (nSPS) is 22.7. The SMILES string of the molecule is CCc1cccc(CC)c1NC(=O)[C@H]1[C@@H](C(=O)O)C1(C)C. The fraction of sp³-hybridized carbons (Fsp3) is 0.529. The zero-order valence-electron chi connectivity index (χ0n) is 13.1. The van der Waals surface area contributed by atoms with Gasteiger partial charge < -0.3 is 10.4 Å². The van der Waals surface area contributed by atoms with Crippen molar-refractivity contribution >= 4 is 17.6 Å². The van der Waals surface area contributed by atoms with Crippen molar-refractivity contribution in [3.05, 3.63) is 29.3 Å². The average Bonchev–Trinajstić information content (AvgIpc) is 3.02. The second kappa shape index (κ2) is 5.51. The second-order valence-corrected chi connectivity index (χ2v) is 6.26. The lowest BCUT2D eigenvalue weighted by molar-refractivity contribution is -0.140. The van der Waals surface area contributed by atoms with Gasteiger partial charge in [-0.3, -0.25) is 9.59 Å². The lowest BCUT2D eigenvalue weighted by atomic mass is 10.0. The first-order valence-corrected chi connectivity index (χ1v) is 7.49. The smallest absolute Gasteiger partial charge is 0.307 e. The van der Waals surface area contributed by atoms with Crippen molar-refractivity contribution in [3.63, 3.8) is 0 Å². The Kier molecular flexibility index (Phi) is 4.08. The molecular weight excluding hydrogens is 266 g/mol. The van der Waals surface area contributed by atoms with Gasteiger partial charge in [0.15, 0.2) is 0 Å². The minimum absolute atomic E-state index is 0.178. The molecule has 1 aliphatic carbocycles. The van der Waals surface area contributed by atoms with Crippen LogP contribution < -0.4 is 5.32 Å². The maximum atomic E-state index is 12.5. The number of rotatable bonds is 5. The molecule has 1 aromatic rings. The molecule has 1 fully saturated rings. The molecule has 0 heterocycles. The monoisotopic (exact) mass is 289 g/mol. The third-order valence-electron chi connectivity index (χ3n) is 4.62. The number of para-hydroxylation sites is 1. The number of aryl methyl sites for hydroxylation is 2. The largest absolute Gasteiger partial charge is 0.481 e. The van der Waals surface area contributed by atoms with Crippen molar-refractivity contribution < 1.29 is 14.7 Å². The van der Waals surface area contributed by atoms with E-state index in [9.17, 15) is 14.7 Å². The summed E-state index contributed by atoms with van der Waals surface area (Å²) in [6, 6.07) is 6.00. The van der Waals surface area contributed by atoms with E-state index in [0.717, 1.165) is 29.7 Å². The van der Waals surface area contributed by atoms with Gasteiger partial charge >= 0.3 is 5.97 Å². The molecule has 0 radical (unpaired) electrons. The Hall–Kier alpha value is -1.84. The lowest BCUT2D eigenvalue weighted by Gasteiger charge is -2.14. The molecule has 2 atom stereocenters. The van der Waals surface area contributed by atoms with Crippen LogP contribution in [0, 0.1) is 17.3 Å². The van der Waals surface area contributed by atoms with Crippen LogP contribution in [0.1, 0.15) is 38.8 Å². The first kappa shape index (κ1) is 15.5. The number of nitrogens with one attached hydrogen (secondary N) is 1. The molecule has 0 saturated heterocycles. The Balaban J connectivity index is 2.24. The molecule has 0 spiro atoms. The summed E-state index contributed by atoms with van der Waals surface area (Å²) in [5.41, 5.74) is 2.57. The Morgan fingerprint density at radius 2 is 1.67 bits per heavy atom. The number of hydrogen-bond acceptors (Lipinski definition) is 2. The summed E-state index contributed by atoms with van der Waals surface area (Å²) in [7, 11) is 0. The molecule has 21 heavy (non-hydrogen) atoms. The van der Waals surface area contributed by atoms with E-state index in [1.165, 1.54) is 0 Å². The Labute approximate surface area is 125 Å². The van der Waals surface area contributed by atoms with Crippen LogP contribution in [0.3, 0.4) is 0 Å². The number of amides is 1. The van der Waals surface area contributed by atoms with Crippen LogP contribution in [0.2, 0.25) is 0 Å². The molecule has 1 saturated carbocycles. The molecule has 4 heteroatoms. The van der Waals surface area contributed by atoms with Crippen molar-refractivity contribution in [1.29, 1.82) is 0 Å². The first-order chi connectivity index (χ1) is 9.84. The molecule has 0 aliphatic heterocycles. The van der Waals surface area contributed by atoms with Crippen LogP contribution in [-0.4, -0.2) is 17.0 Å². The maximum absolute atomic E-state index is 12.5. The van der Waals surface area contributed by atoms with Gasteiger partial charge in [0, 0.05) is 5.69 Å². The summed E-state index contributed by atoms with van der Waals surface area (Å²) >= 11 is 0. The fourth-order valence-corrected chi connectivity index (χ4v) is 3.19. The number of carboxylic acids is 1. The first-order valence-electron chi connectivity index (χ1n) is 7.49. The average molecular weight is 289 g/mol. The number of benzene rings is 1. The van der Waals surface area contributed by atoms with E-state index >= 15 is 0 Å². The Bertz CT molecular complexity index is 555. The van der Waals surface area contributed by atoms with Crippen molar-refractivity contribution in [2.75, 3.05) is 5.32 Å². The highest BCUT2D eigenvalue weighted by atomic mass is 16.4. The van der Waals surface area contributed by atoms with Crippen molar-refractivity contribution in [2.24, 2.45) is 17.3 Å². The van der Waals surface area contributed by atoms with Crippen LogP contribution in [0.4, 0.5) is 5.69 Å². The lowest BCUT2D eigenvalue weighted by Crippen LogP contribution is -2.19. The molecule has 2 N–H and O–H groups in total. The highest BCUT2D eigenvalue weighted by molar-refractivity contribution is 6.00. The Morgan fingerprint density at radius 3 is 2.05 bits per heavy atom. The van der Waals surface area contributed by atoms with Gasteiger partial charge in [0.2, 0.25) is 5.91 Å². The minimum atomic E-state index is -0.889. The number of anilines is 1. The van der Waals surface area contributed by atoms with Gasteiger partial charge in [-0.05, 0) is 29.4 Å². The van der Waals surface area contributed by atoms with Gasteiger partial charge in [-0.25, -0.2) is 0 Å². The zero-order chi connectivity index (χ0) is 15.8. The molecule has 114 valence electrons. The molecule has 1 aromatic carbocycles. The number of hydrogen-bond donors (Lipinski definition) is 2. The van der Waals surface area contributed by atoms with E-state index in [1.54, 1.807) is 0 Å². The summed E-state index contributed by atoms with van der Waals surface area (Å²) < 4.78 is 0. The van der Waals surface area contributed by atoms with Crippen LogP contribution in [0.25, 0.3) is 0 Å². The third-order valence-corrected chi connectivity index (χ3v) is 4.62. The van der Waals surface area contributed by atoms with E-state index < -0.39 is 23.2 Å². The van der Waals surface area contributed by atoms with Crippen LogP contribution in [-0.2, 0) is 22.4 Å². The summed E-state index contributed by atoms with van der Waals surface area (Å²) in [4.78, 5) is 23.7. The minimum Gasteiger partial charge on any atom is -0.481 e. The zero-order valence-corrected chi connectivity index (χ0v) is 13.1. The highest BCUT2D eigenvalue weighted by Crippen LogP contribution is 2.58. The van der Waals surface area contributed by atoms with Gasteiger partial charge in [0.25, 0.3) is 0 Å². The van der Waals surface area contributed by atoms with Crippen molar-refractivity contribution in [3.8, 4) is 0 Å². The van der Waals surface area contributed by atoms with Crippen molar-refractivity contribution in [1.82, 2.24) is 0 Å². The van der Waals surface area contributed by atoms with Gasteiger partial charge in [-0.1, -0.05) is 45.9 Å².